The largest absolute Gasteiger partial charge is 0.394 e. The first-order valence-electron chi connectivity index (χ1n) is 6.95. The van der Waals surface area contributed by atoms with Crippen LogP contribution in [0.25, 0.3) is 0 Å². The van der Waals surface area contributed by atoms with Crippen molar-refractivity contribution < 1.29 is 5.11 Å². The monoisotopic (exact) mass is 328 g/mol. The van der Waals surface area contributed by atoms with E-state index in [0.717, 1.165) is 36.2 Å². The van der Waals surface area contributed by atoms with Gasteiger partial charge in [-0.15, -0.1) is 0 Å². The van der Waals surface area contributed by atoms with E-state index in [0.29, 0.717) is 0 Å². The number of halogens is 1. The van der Waals surface area contributed by atoms with Crippen molar-refractivity contribution in [3.05, 3.63) is 33.8 Å². The third kappa shape index (κ3) is 5.22. The lowest BCUT2D eigenvalue weighted by atomic mass is 10.1. The van der Waals surface area contributed by atoms with Gasteiger partial charge in [0.15, 0.2) is 0 Å². The quantitative estimate of drug-likeness (QED) is 0.770. The normalized spacial score (nSPS) is 12.9. The fourth-order valence-electron chi connectivity index (χ4n) is 2.05. The smallest absolute Gasteiger partial charge is 0.0626 e. The van der Waals surface area contributed by atoms with Crippen LogP contribution in [-0.2, 0) is 0 Å². The molecule has 0 heterocycles. The molecule has 0 fully saturated rings. The molecule has 4 heteroatoms. The highest BCUT2D eigenvalue weighted by Crippen LogP contribution is 2.21. The third-order valence-electron chi connectivity index (χ3n) is 3.49. The van der Waals surface area contributed by atoms with Crippen molar-refractivity contribution in [3.63, 3.8) is 0 Å². The van der Waals surface area contributed by atoms with Crippen molar-refractivity contribution in [2.75, 3.05) is 32.8 Å². The van der Waals surface area contributed by atoms with Gasteiger partial charge in [-0.2, -0.15) is 0 Å². The van der Waals surface area contributed by atoms with Gasteiger partial charge in [-0.05, 0) is 37.2 Å². The van der Waals surface area contributed by atoms with E-state index in [4.69, 9.17) is 0 Å². The third-order valence-corrected chi connectivity index (χ3v) is 4.35. The fraction of sp³-hybridized carbons (Fsp3) is 0.600. The molecule has 1 atom stereocenters. The van der Waals surface area contributed by atoms with Crippen LogP contribution in [0.5, 0.6) is 0 Å². The van der Waals surface area contributed by atoms with Crippen LogP contribution in [0.3, 0.4) is 0 Å². The van der Waals surface area contributed by atoms with Crippen molar-refractivity contribution >= 4 is 15.9 Å². The van der Waals surface area contributed by atoms with Crippen LogP contribution in [0.15, 0.2) is 22.7 Å². The predicted octanol–water partition coefficient (Wildman–Crippen LogP) is 2.72. The maximum absolute atomic E-state index is 9.53. The summed E-state index contributed by atoms with van der Waals surface area (Å²) in [5.74, 6) is 0. The molecule has 0 radical (unpaired) electrons. The Kier molecular flexibility index (Phi) is 7.61. The SMILES string of the molecule is CCN(CC)CCNC(CO)c1ccc(C)c(Br)c1. The Balaban J connectivity index is 2.55. The molecular weight excluding hydrogens is 304 g/mol. The van der Waals surface area contributed by atoms with E-state index in [1.165, 1.54) is 5.56 Å². The molecule has 0 amide bonds. The first-order chi connectivity index (χ1) is 9.12. The number of nitrogens with one attached hydrogen (secondary N) is 1. The zero-order valence-electron chi connectivity index (χ0n) is 12.1. The lowest BCUT2D eigenvalue weighted by Crippen LogP contribution is -2.34. The van der Waals surface area contributed by atoms with Gasteiger partial charge in [0.05, 0.1) is 12.6 Å². The van der Waals surface area contributed by atoms with Gasteiger partial charge in [-0.25, -0.2) is 0 Å². The van der Waals surface area contributed by atoms with Crippen LogP contribution >= 0.6 is 15.9 Å². The highest BCUT2D eigenvalue weighted by atomic mass is 79.9. The number of likely N-dealkylation sites (N-methyl/N-ethyl adjacent to an activating group) is 1. The molecule has 0 saturated heterocycles. The van der Waals surface area contributed by atoms with Gasteiger partial charge in [-0.3, -0.25) is 0 Å². The number of hydrogen-bond acceptors (Lipinski definition) is 3. The average Bonchev–Trinajstić information content (AvgIpc) is 2.42. The zero-order chi connectivity index (χ0) is 14.3. The summed E-state index contributed by atoms with van der Waals surface area (Å²) in [5, 5.41) is 12.9. The van der Waals surface area contributed by atoms with E-state index in [1.807, 2.05) is 0 Å². The van der Waals surface area contributed by atoms with E-state index in [-0.39, 0.29) is 12.6 Å². The number of aryl methyl sites for hydroxylation is 1. The van der Waals surface area contributed by atoms with Gasteiger partial charge in [0.25, 0.3) is 0 Å². The molecule has 0 spiro atoms. The molecule has 108 valence electrons. The molecule has 1 unspecified atom stereocenters. The lowest BCUT2D eigenvalue weighted by molar-refractivity contribution is 0.233. The molecule has 0 aliphatic carbocycles. The highest BCUT2D eigenvalue weighted by Gasteiger charge is 2.11. The highest BCUT2D eigenvalue weighted by molar-refractivity contribution is 9.10. The maximum Gasteiger partial charge on any atom is 0.0626 e. The number of hydrogen-bond donors (Lipinski definition) is 2. The summed E-state index contributed by atoms with van der Waals surface area (Å²) in [7, 11) is 0. The Bertz CT molecular complexity index is 380. The molecule has 1 rings (SSSR count). The van der Waals surface area contributed by atoms with E-state index >= 15 is 0 Å². The van der Waals surface area contributed by atoms with Gasteiger partial charge < -0.3 is 15.3 Å². The van der Waals surface area contributed by atoms with E-state index in [1.54, 1.807) is 0 Å². The Hall–Kier alpha value is -0.420. The van der Waals surface area contributed by atoms with Gasteiger partial charge in [0, 0.05) is 17.6 Å². The number of rotatable bonds is 8. The summed E-state index contributed by atoms with van der Waals surface area (Å²) in [4.78, 5) is 2.37. The second kappa shape index (κ2) is 8.69. The summed E-state index contributed by atoms with van der Waals surface area (Å²) < 4.78 is 1.09. The molecular formula is C15H25BrN2O. The van der Waals surface area contributed by atoms with Crippen molar-refractivity contribution in [2.24, 2.45) is 0 Å². The Morgan fingerprint density at radius 3 is 2.53 bits per heavy atom. The van der Waals surface area contributed by atoms with Crippen molar-refractivity contribution in [1.82, 2.24) is 10.2 Å². The molecule has 19 heavy (non-hydrogen) atoms. The Morgan fingerprint density at radius 2 is 2.00 bits per heavy atom. The molecule has 1 aromatic rings. The van der Waals surface area contributed by atoms with E-state index in [2.05, 4.69) is 65.1 Å². The second-order valence-electron chi connectivity index (χ2n) is 4.72. The van der Waals surface area contributed by atoms with Gasteiger partial charge >= 0.3 is 0 Å². The fourth-order valence-corrected chi connectivity index (χ4v) is 2.45. The summed E-state index contributed by atoms with van der Waals surface area (Å²) in [5.41, 5.74) is 2.34. The molecule has 0 saturated carbocycles. The maximum atomic E-state index is 9.53. The summed E-state index contributed by atoms with van der Waals surface area (Å²) in [6, 6.07) is 6.24. The number of aliphatic hydroxyl groups is 1. The molecule has 0 aliphatic rings. The molecule has 1 aromatic carbocycles. The molecule has 0 bridgehead atoms. The number of benzene rings is 1. The Labute approximate surface area is 125 Å². The topological polar surface area (TPSA) is 35.5 Å². The van der Waals surface area contributed by atoms with E-state index in [9.17, 15) is 5.11 Å². The van der Waals surface area contributed by atoms with E-state index < -0.39 is 0 Å². The van der Waals surface area contributed by atoms with Crippen LogP contribution in [0.1, 0.15) is 31.0 Å². The van der Waals surface area contributed by atoms with Crippen LogP contribution in [0.2, 0.25) is 0 Å². The van der Waals surface area contributed by atoms with Crippen molar-refractivity contribution in [1.29, 1.82) is 0 Å². The van der Waals surface area contributed by atoms with Crippen molar-refractivity contribution in [3.8, 4) is 0 Å². The minimum absolute atomic E-state index is 0.00691. The standard InChI is InChI=1S/C15H25BrN2O/c1-4-18(5-2)9-8-17-15(11-19)13-7-6-12(3)14(16)10-13/h6-7,10,15,17,19H,4-5,8-9,11H2,1-3H3. The van der Waals surface area contributed by atoms with Crippen LogP contribution < -0.4 is 5.32 Å². The predicted molar refractivity (Wildman–Crippen MR) is 84.5 cm³/mol. The first kappa shape index (κ1) is 16.6. The van der Waals surface area contributed by atoms with Crippen LogP contribution in [0, 0.1) is 6.92 Å². The second-order valence-corrected chi connectivity index (χ2v) is 5.58. The minimum atomic E-state index is 0.00691. The molecule has 0 aromatic heterocycles. The minimum Gasteiger partial charge on any atom is -0.394 e. The van der Waals surface area contributed by atoms with Crippen molar-refractivity contribution in [2.45, 2.75) is 26.8 Å². The van der Waals surface area contributed by atoms with Gasteiger partial charge in [0.1, 0.15) is 0 Å². The lowest BCUT2D eigenvalue weighted by Gasteiger charge is -2.22. The summed E-state index contributed by atoms with van der Waals surface area (Å²) >= 11 is 3.54. The number of aliphatic hydroxyl groups excluding tert-OH is 1. The van der Waals surface area contributed by atoms with Gasteiger partial charge in [0.2, 0.25) is 0 Å². The zero-order valence-corrected chi connectivity index (χ0v) is 13.7. The van der Waals surface area contributed by atoms with Crippen LogP contribution in [-0.4, -0.2) is 42.8 Å². The first-order valence-corrected chi connectivity index (χ1v) is 7.74. The van der Waals surface area contributed by atoms with Crippen LogP contribution in [0.4, 0.5) is 0 Å². The molecule has 0 aliphatic heterocycles. The Morgan fingerprint density at radius 1 is 1.32 bits per heavy atom. The number of nitrogens with zero attached hydrogens (tertiary/aromatic N) is 1. The average molecular weight is 329 g/mol. The molecule has 2 N–H and O–H groups in total. The van der Waals surface area contributed by atoms with Gasteiger partial charge in [-0.1, -0.05) is 41.9 Å². The molecule has 3 nitrogen and oxygen atoms in total. The summed E-state index contributed by atoms with van der Waals surface area (Å²) in [6.45, 7) is 10.6. The summed E-state index contributed by atoms with van der Waals surface area (Å²) in [6.07, 6.45) is 0.